The predicted octanol–water partition coefficient (Wildman–Crippen LogP) is 0.778. The molecule has 46 valence electrons. The second-order valence-corrected chi connectivity index (χ2v) is 1.22. The molecular weight excluding hydrogens is 104 g/mol. The summed E-state index contributed by atoms with van der Waals surface area (Å²) in [6, 6.07) is 0. The maximum absolute atomic E-state index is 9.63. The molecule has 8 heavy (non-hydrogen) atoms. The summed E-state index contributed by atoms with van der Waals surface area (Å²) in [6.07, 6.45) is 3.84. The lowest BCUT2D eigenvalue weighted by Crippen LogP contribution is -1.87. The molecule has 0 heterocycles. The summed E-state index contributed by atoms with van der Waals surface area (Å²) in [4.78, 5) is 9.63. The third-order valence-corrected chi connectivity index (χ3v) is 0.633. The molecule has 0 aliphatic carbocycles. The van der Waals surface area contributed by atoms with Crippen molar-refractivity contribution in [3.05, 3.63) is 12.2 Å². The van der Waals surface area contributed by atoms with Crippen LogP contribution in [0.2, 0.25) is 0 Å². The monoisotopic (exact) mass is 114 g/mol. The number of carbonyl (C=O) groups excluding carboxylic acids is 1. The standard InChI is InChI=1S/C6H10O2/c1-2-8-6-4-3-5-7/h3-5H,2,6H2,1H3. The Hall–Kier alpha value is -0.630. The van der Waals surface area contributed by atoms with Crippen molar-refractivity contribution in [2.45, 2.75) is 6.92 Å². The zero-order valence-corrected chi connectivity index (χ0v) is 4.96. The van der Waals surface area contributed by atoms with Gasteiger partial charge in [-0.1, -0.05) is 6.08 Å². The third-order valence-electron chi connectivity index (χ3n) is 0.633. The van der Waals surface area contributed by atoms with E-state index >= 15 is 0 Å². The highest BCUT2D eigenvalue weighted by molar-refractivity contribution is 5.64. The summed E-state index contributed by atoms with van der Waals surface area (Å²) in [5, 5.41) is 0. The van der Waals surface area contributed by atoms with Crippen molar-refractivity contribution in [2.75, 3.05) is 13.2 Å². The van der Waals surface area contributed by atoms with E-state index in [0.29, 0.717) is 13.2 Å². The van der Waals surface area contributed by atoms with E-state index < -0.39 is 0 Å². The summed E-state index contributed by atoms with van der Waals surface area (Å²) in [7, 11) is 0. The van der Waals surface area contributed by atoms with Crippen molar-refractivity contribution in [3.8, 4) is 0 Å². The molecule has 0 aliphatic rings. The van der Waals surface area contributed by atoms with Gasteiger partial charge < -0.3 is 4.74 Å². The van der Waals surface area contributed by atoms with Crippen LogP contribution in [0.15, 0.2) is 12.2 Å². The fourth-order valence-corrected chi connectivity index (χ4v) is 0.297. The first-order valence-electron chi connectivity index (χ1n) is 2.60. The lowest BCUT2D eigenvalue weighted by Gasteiger charge is -1.89. The molecule has 0 amide bonds. The highest BCUT2D eigenvalue weighted by Crippen LogP contribution is 1.73. The summed E-state index contributed by atoms with van der Waals surface area (Å²) in [5.74, 6) is 0. The van der Waals surface area contributed by atoms with Gasteiger partial charge in [-0.2, -0.15) is 0 Å². The fourth-order valence-electron chi connectivity index (χ4n) is 0.297. The molecule has 0 saturated carbocycles. The van der Waals surface area contributed by atoms with E-state index in [0.717, 1.165) is 6.29 Å². The van der Waals surface area contributed by atoms with Gasteiger partial charge in [0, 0.05) is 6.61 Å². The number of aldehydes is 1. The first-order valence-corrected chi connectivity index (χ1v) is 2.60. The largest absolute Gasteiger partial charge is 0.378 e. The van der Waals surface area contributed by atoms with Crippen molar-refractivity contribution >= 4 is 6.29 Å². The first kappa shape index (κ1) is 7.37. The molecule has 0 saturated heterocycles. The second-order valence-electron chi connectivity index (χ2n) is 1.22. The molecule has 0 aromatic rings. The van der Waals surface area contributed by atoms with Gasteiger partial charge in [-0.05, 0) is 13.0 Å². The molecular formula is C6H10O2. The van der Waals surface area contributed by atoms with Gasteiger partial charge in [0.2, 0.25) is 0 Å². The molecule has 0 spiro atoms. The van der Waals surface area contributed by atoms with E-state index in [-0.39, 0.29) is 0 Å². The van der Waals surface area contributed by atoms with Crippen LogP contribution in [0.4, 0.5) is 0 Å². The van der Waals surface area contributed by atoms with Gasteiger partial charge in [-0.3, -0.25) is 4.79 Å². The van der Waals surface area contributed by atoms with Gasteiger partial charge in [0.15, 0.2) is 0 Å². The van der Waals surface area contributed by atoms with Crippen LogP contribution < -0.4 is 0 Å². The van der Waals surface area contributed by atoms with Crippen LogP contribution in [0.3, 0.4) is 0 Å². The molecule has 0 fully saturated rings. The molecule has 0 aliphatic heterocycles. The van der Waals surface area contributed by atoms with E-state index in [9.17, 15) is 4.79 Å². The Balaban J connectivity index is 2.91. The van der Waals surface area contributed by atoms with E-state index in [4.69, 9.17) is 4.74 Å². The maximum Gasteiger partial charge on any atom is 0.142 e. The van der Waals surface area contributed by atoms with E-state index in [1.54, 1.807) is 6.08 Å². The van der Waals surface area contributed by atoms with Crippen LogP contribution in [-0.4, -0.2) is 19.5 Å². The van der Waals surface area contributed by atoms with Crippen LogP contribution >= 0.6 is 0 Å². The smallest absolute Gasteiger partial charge is 0.142 e. The minimum Gasteiger partial charge on any atom is -0.378 e. The topological polar surface area (TPSA) is 26.3 Å². The predicted molar refractivity (Wildman–Crippen MR) is 31.7 cm³/mol. The van der Waals surface area contributed by atoms with Crippen molar-refractivity contribution in [1.82, 2.24) is 0 Å². The Kier molecular flexibility index (Phi) is 5.87. The molecule has 0 N–H and O–H groups in total. The Morgan fingerprint density at radius 1 is 1.62 bits per heavy atom. The maximum atomic E-state index is 9.63. The van der Waals surface area contributed by atoms with Crippen LogP contribution in [0.1, 0.15) is 6.92 Å². The van der Waals surface area contributed by atoms with Crippen molar-refractivity contribution in [1.29, 1.82) is 0 Å². The number of carbonyl (C=O) groups is 1. The Morgan fingerprint density at radius 3 is 2.88 bits per heavy atom. The lowest BCUT2D eigenvalue weighted by atomic mass is 10.5. The normalized spacial score (nSPS) is 10.1. The zero-order chi connectivity index (χ0) is 6.24. The molecule has 0 unspecified atom stereocenters. The quantitative estimate of drug-likeness (QED) is 0.306. The molecule has 2 heteroatoms. The zero-order valence-electron chi connectivity index (χ0n) is 4.96. The summed E-state index contributed by atoms with van der Waals surface area (Å²) < 4.78 is 4.89. The number of ether oxygens (including phenoxy) is 1. The number of hydrogen-bond donors (Lipinski definition) is 0. The minimum absolute atomic E-state index is 0.537. The third kappa shape index (κ3) is 5.37. The highest BCUT2D eigenvalue weighted by atomic mass is 16.5. The van der Waals surface area contributed by atoms with Crippen LogP contribution in [0.25, 0.3) is 0 Å². The van der Waals surface area contributed by atoms with Gasteiger partial charge in [0.25, 0.3) is 0 Å². The van der Waals surface area contributed by atoms with E-state index in [1.165, 1.54) is 6.08 Å². The molecule has 0 aromatic carbocycles. The first-order chi connectivity index (χ1) is 3.91. The van der Waals surface area contributed by atoms with Gasteiger partial charge in [-0.25, -0.2) is 0 Å². The number of hydrogen-bond acceptors (Lipinski definition) is 2. The van der Waals surface area contributed by atoms with Crippen LogP contribution in [0, 0.1) is 0 Å². The van der Waals surface area contributed by atoms with Gasteiger partial charge >= 0.3 is 0 Å². The highest BCUT2D eigenvalue weighted by Gasteiger charge is 1.72. The Bertz CT molecular complexity index is 76.6. The number of rotatable bonds is 4. The molecule has 0 aromatic heterocycles. The molecule has 0 bridgehead atoms. The van der Waals surface area contributed by atoms with E-state index in [1.807, 2.05) is 6.92 Å². The van der Waals surface area contributed by atoms with Crippen LogP contribution in [0.5, 0.6) is 0 Å². The van der Waals surface area contributed by atoms with Gasteiger partial charge in [0.05, 0.1) is 6.61 Å². The molecule has 2 nitrogen and oxygen atoms in total. The molecule has 0 atom stereocenters. The second kappa shape index (κ2) is 6.37. The lowest BCUT2D eigenvalue weighted by molar-refractivity contribution is -0.104. The van der Waals surface area contributed by atoms with Crippen molar-refractivity contribution in [2.24, 2.45) is 0 Å². The average molecular weight is 114 g/mol. The summed E-state index contributed by atoms with van der Waals surface area (Å²) >= 11 is 0. The fraction of sp³-hybridized carbons (Fsp3) is 0.500. The van der Waals surface area contributed by atoms with Gasteiger partial charge in [-0.15, -0.1) is 0 Å². The van der Waals surface area contributed by atoms with Gasteiger partial charge in [0.1, 0.15) is 6.29 Å². The SMILES string of the molecule is CCOCC=CC=O. The average Bonchev–Trinajstić information content (AvgIpc) is 1.81. The van der Waals surface area contributed by atoms with Crippen LogP contribution in [-0.2, 0) is 9.53 Å². The molecule has 0 rings (SSSR count). The Labute approximate surface area is 49.1 Å². The number of allylic oxidation sites excluding steroid dienone is 1. The van der Waals surface area contributed by atoms with Crippen molar-refractivity contribution < 1.29 is 9.53 Å². The van der Waals surface area contributed by atoms with E-state index in [2.05, 4.69) is 0 Å². The van der Waals surface area contributed by atoms with Crippen molar-refractivity contribution in [3.63, 3.8) is 0 Å². The Morgan fingerprint density at radius 2 is 2.38 bits per heavy atom. The minimum atomic E-state index is 0.537. The molecule has 0 radical (unpaired) electrons. The summed E-state index contributed by atoms with van der Waals surface area (Å²) in [5.41, 5.74) is 0. The summed E-state index contributed by atoms with van der Waals surface area (Å²) in [6.45, 7) is 3.15.